The highest BCUT2D eigenvalue weighted by molar-refractivity contribution is 6.12. The Morgan fingerprint density at radius 2 is 1.19 bits per heavy atom. The monoisotopic (exact) mass is 566 g/mol. The van der Waals surface area contributed by atoms with Crippen molar-refractivity contribution in [1.29, 1.82) is 0 Å². The molecule has 43 heavy (non-hydrogen) atoms. The van der Waals surface area contributed by atoms with E-state index >= 15 is 0 Å². The molecule has 4 aliphatic carbocycles. The van der Waals surface area contributed by atoms with Crippen LogP contribution in [-0.2, 0) is 5.60 Å². The number of benzene rings is 5. The first kappa shape index (κ1) is 17.7. The van der Waals surface area contributed by atoms with Gasteiger partial charge in [-0.1, -0.05) is 72.7 Å². The molecule has 0 saturated heterocycles. The van der Waals surface area contributed by atoms with Crippen LogP contribution in [0.5, 0.6) is 0 Å². The predicted molar refractivity (Wildman–Crippen MR) is 176 cm³/mol. The van der Waals surface area contributed by atoms with Crippen LogP contribution in [0.4, 0.5) is 0 Å². The molecule has 4 bridgehead atoms. The van der Waals surface area contributed by atoms with Gasteiger partial charge in [0.25, 0.3) is 0 Å². The molecule has 210 valence electrons. The number of aliphatic hydroxyl groups is 1. The van der Waals surface area contributed by atoms with E-state index in [0.717, 1.165) is 58.7 Å². The maximum absolute atomic E-state index is 12.8. The van der Waals surface area contributed by atoms with Crippen LogP contribution in [0.2, 0.25) is 0 Å². The van der Waals surface area contributed by atoms with Crippen molar-refractivity contribution in [3.8, 4) is 11.4 Å². The topological polar surface area (TPSA) is 30.1 Å². The molecule has 11 rings (SSSR count). The summed E-state index contributed by atoms with van der Waals surface area (Å²) in [5.41, 5.74) is 3.53. The van der Waals surface area contributed by atoms with Gasteiger partial charge in [0.1, 0.15) is 0 Å². The molecule has 4 saturated carbocycles. The van der Waals surface area contributed by atoms with E-state index < -0.39 is 29.8 Å². The van der Waals surface area contributed by atoms with E-state index in [1.165, 1.54) is 6.42 Å². The number of aromatic nitrogens is 2. The van der Waals surface area contributed by atoms with E-state index in [-0.39, 0.29) is 57.8 Å². The van der Waals surface area contributed by atoms with E-state index in [0.29, 0.717) is 17.5 Å². The molecule has 1 N–H and O–H groups in total. The summed E-state index contributed by atoms with van der Waals surface area (Å²) in [5, 5.41) is 14.7. The van der Waals surface area contributed by atoms with Gasteiger partial charge < -0.3 is 14.2 Å². The summed E-state index contributed by atoms with van der Waals surface area (Å²) < 4.78 is 73.1. The Morgan fingerprint density at radius 3 is 1.91 bits per heavy atom. The lowest BCUT2D eigenvalue weighted by molar-refractivity contribution is -0.179. The van der Waals surface area contributed by atoms with Gasteiger partial charge in [0.05, 0.1) is 44.3 Å². The molecule has 3 nitrogen and oxygen atoms in total. The molecule has 0 amide bonds. The first-order valence-corrected chi connectivity index (χ1v) is 15.4. The molecule has 0 spiro atoms. The zero-order valence-corrected chi connectivity index (χ0v) is 23.5. The summed E-state index contributed by atoms with van der Waals surface area (Å²) in [7, 11) is 0. The smallest absolute Gasteiger partial charge is 0.0973 e. The highest BCUT2D eigenvalue weighted by Crippen LogP contribution is 2.62. The largest absolute Gasteiger partial charge is 0.385 e. The summed E-state index contributed by atoms with van der Waals surface area (Å²) in [6.45, 7) is 0. The number of rotatable bonds is 3. The fraction of sp³-hybridized carbons (Fsp3) is 0.250. The summed E-state index contributed by atoms with van der Waals surface area (Å²) in [4.78, 5) is 0. The first-order chi connectivity index (χ1) is 24.5. The number of nitrogens with zero attached hydrogens (tertiary/aromatic N) is 2. The lowest BCUT2D eigenvalue weighted by Crippen LogP contribution is -2.55. The Hall–Kier alpha value is -4.34. The average molecular weight is 567 g/mol. The molecule has 0 aliphatic heterocycles. The standard InChI is InChI=1S/C40H34N2O/c43-40(27-20-25-19-26(22-27)23-28(40)21-25)34-12-4-8-16-39(34)42-37-15-7-3-11-32(37)33-24-29(17-18-38(33)42)41-35-13-5-1-9-30(35)31-10-2-6-14-36(31)41/h1-18,24-28,43H,19-23H2/i1D,2D,5D,6D,9D,10D,13D,14D. The van der Waals surface area contributed by atoms with Crippen LogP contribution in [-0.4, -0.2) is 14.2 Å². The average Bonchev–Trinajstić information content (AvgIpc) is 3.67. The van der Waals surface area contributed by atoms with Gasteiger partial charge in [-0.05, 0) is 98.2 Å². The van der Waals surface area contributed by atoms with Gasteiger partial charge in [-0.25, -0.2) is 0 Å². The van der Waals surface area contributed by atoms with Gasteiger partial charge in [0.2, 0.25) is 0 Å². The van der Waals surface area contributed by atoms with E-state index in [1.807, 2.05) is 48.5 Å². The third-order valence-electron chi connectivity index (χ3n) is 10.9. The molecule has 7 aromatic rings. The maximum Gasteiger partial charge on any atom is 0.0973 e. The quantitative estimate of drug-likeness (QED) is 0.227. The summed E-state index contributed by atoms with van der Waals surface area (Å²) >= 11 is 0. The molecule has 0 atom stereocenters. The van der Waals surface area contributed by atoms with Crippen LogP contribution in [0.1, 0.15) is 48.6 Å². The fourth-order valence-corrected chi connectivity index (χ4v) is 9.39. The second-order valence-corrected chi connectivity index (χ2v) is 13.0. The Balaban J connectivity index is 1.27. The predicted octanol–water partition coefficient (Wildman–Crippen LogP) is 9.52. The molecule has 3 heteroatoms. The number of para-hydroxylation sites is 4. The van der Waals surface area contributed by atoms with E-state index in [1.54, 1.807) is 4.57 Å². The van der Waals surface area contributed by atoms with Gasteiger partial charge in [0, 0.05) is 32.8 Å². The number of hydrogen-bond acceptors (Lipinski definition) is 1. The first-order valence-electron chi connectivity index (χ1n) is 19.4. The highest BCUT2D eigenvalue weighted by Gasteiger charge is 2.57. The third-order valence-corrected chi connectivity index (χ3v) is 10.9. The van der Waals surface area contributed by atoms with Crippen molar-refractivity contribution in [2.24, 2.45) is 23.7 Å². The van der Waals surface area contributed by atoms with E-state index in [4.69, 9.17) is 11.0 Å². The van der Waals surface area contributed by atoms with Crippen LogP contribution in [0, 0.1) is 23.7 Å². The van der Waals surface area contributed by atoms with Crippen LogP contribution < -0.4 is 0 Å². The van der Waals surface area contributed by atoms with Crippen molar-refractivity contribution in [3.63, 3.8) is 0 Å². The van der Waals surface area contributed by atoms with Crippen molar-refractivity contribution in [2.75, 3.05) is 0 Å². The minimum Gasteiger partial charge on any atom is -0.385 e. The fourth-order valence-electron chi connectivity index (χ4n) is 9.39. The molecule has 0 unspecified atom stereocenters. The summed E-state index contributed by atoms with van der Waals surface area (Å²) in [5.74, 6) is 1.86. The lowest BCUT2D eigenvalue weighted by atomic mass is 9.48. The maximum atomic E-state index is 12.8. The van der Waals surface area contributed by atoms with Crippen molar-refractivity contribution in [2.45, 2.75) is 37.7 Å². The molecule has 2 heterocycles. The van der Waals surface area contributed by atoms with E-state index in [9.17, 15) is 5.11 Å². The van der Waals surface area contributed by atoms with Gasteiger partial charge in [-0.15, -0.1) is 0 Å². The molecule has 5 aromatic carbocycles. The van der Waals surface area contributed by atoms with Gasteiger partial charge >= 0.3 is 0 Å². The molecular weight excluding hydrogens is 524 g/mol. The highest BCUT2D eigenvalue weighted by atomic mass is 16.3. The zero-order chi connectivity index (χ0) is 35.2. The van der Waals surface area contributed by atoms with Crippen LogP contribution in [0.3, 0.4) is 0 Å². The molecule has 4 aliphatic rings. The van der Waals surface area contributed by atoms with Crippen LogP contribution in [0.15, 0.2) is 115 Å². The summed E-state index contributed by atoms with van der Waals surface area (Å²) in [6, 6.07) is 18.9. The van der Waals surface area contributed by atoms with Gasteiger partial charge in [-0.3, -0.25) is 0 Å². The van der Waals surface area contributed by atoms with Gasteiger partial charge in [-0.2, -0.15) is 0 Å². The Morgan fingerprint density at radius 1 is 0.581 bits per heavy atom. The SMILES string of the molecule is [2H]c1c([2H])c([2H])c2c(c1[2H])c1c([2H])c([2H])c([2H])c([2H])c1n2-c1ccc2c(c1)c1ccccc1n2-c1ccccc1C1(O)C2CC3CC(C2)CC1C3. The minimum atomic E-state index is -0.920. The van der Waals surface area contributed by atoms with Gasteiger partial charge in [0.15, 0.2) is 0 Å². The van der Waals surface area contributed by atoms with Crippen LogP contribution >= 0.6 is 0 Å². The second-order valence-electron chi connectivity index (χ2n) is 13.0. The Bertz CT molecular complexity index is 2570. The van der Waals surface area contributed by atoms with Crippen LogP contribution in [0.25, 0.3) is 55.0 Å². The Kier molecular flexibility index (Phi) is 3.54. The molecular formula is C40H34N2O. The van der Waals surface area contributed by atoms with Crippen molar-refractivity contribution in [1.82, 2.24) is 9.13 Å². The lowest BCUT2D eigenvalue weighted by Gasteiger charge is -2.59. The minimum absolute atomic E-state index is 0.0587. The van der Waals surface area contributed by atoms with Crippen molar-refractivity contribution < 1.29 is 16.1 Å². The van der Waals surface area contributed by atoms with Crippen molar-refractivity contribution in [3.05, 3.63) is 121 Å². The number of fused-ring (bicyclic) bond motifs is 6. The zero-order valence-electron chi connectivity index (χ0n) is 31.5. The normalized spacial score (nSPS) is 29.0. The van der Waals surface area contributed by atoms with E-state index in [2.05, 4.69) is 22.8 Å². The van der Waals surface area contributed by atoms with Crippen molar-refractivity contribution >= 4 is 43.6 Å². The number of hydrogen-bond donors (Lipinski definition) is 1. The Labute approximate surface area is 262 Å². The summed E-state index contributed by atoms with van der Waals surface area (Å²) in [6.07, 6.45) is 5.54. The molecule has 4 fully saturated rings. The molecule has 0 radical (unpaired) electrons. The molecule has 2 aromatic heterocycles. The second kappa shape index (κ2) is 8.61. The third kappa shape index (κ3) is 3.18.